The maximum absolute atomic E-state index is 12.2. The normalized spacial score (nSPS) is 17.2. The monoisotopic (exact) mass is 275 g/mol. The number of aryl methyl sites for hydroxylation is 3. The van der Waals surface area contributed by atoms with Crippen LogP contribution in [-0.4, -0.2) is 19.1 Å². The Morgan fingerprint density at radius 1 is 1.15 bits per heavy atom. The fourth-order valence-electron chi connectivity index (χ4n) is 3.02. The summed E-state index contributed by atoms with van der Waals surface area (Å²) in [7, 11) is 1.46. The van der Waals surface area contributed by atoms with Crippen LogP contribution in [0, 0.1) is 20.8 Å². The van der Waals surface area contributed by atoms with Crippen molar-refractivity contribution in [1.82, 2.24) is 5.32 Å². The van der Waals surface area contributed by atoms with Crippen LogP contribution in [0.2, 0.25) is 0 Å². The molecular formula is C17H25NO2. The summed E-state index contributed by atoms with van der Waals surface area (Å²) in [6.45, 7) is 6.25. The van der Waals surface area contributed by atoms with E-state index in [0.29, 0.717) is 6.04 Å². The maximum atomic E-state index is 12.2. The second kappa shape index (κ2) is 6.40. The predicted octanol–water partition coefficient (Wildman–Crippen LogP) is 3.36. The van der Waals surface area contributed by atoms with Gasteiger partial charge in [-0.15, -0.1) is 0 Å². The zero-order valence-corrected chi connectivity index (χ0v) is 13.0. The van der Waals surface area contributed by atoms with Gasteiger partial charge in [-0.2, -0.15) is 0 Å². The fraction of sp³-hybridized carbons (Fsp3) is 0.588. The number of rotatable bonds is 4. The highest BCUT2D eigenvalue weighted by Gasteiger charge is 2.27. The molecule has 1 aromatic carbocycles. The van der Waals surface area contributed by atoms with Crippen molar-refractivity contribution in [1.29, 1.82) is 0 Å². The number of methoxy groups -OCH3 is 1. The lowest BCUT2D eigenvalue weighted by Gasteiger charge is -2.23. The third-order valence-corrected chi connectivity index (χ3v) is 4.39. The lowest BCUT2D eigenvalue weighted by molar-refractivity contribution is -0.143. The van der Waals surface area contributed by atoms with E-state index in [-0.39, 0.29) is 12.0 Å². The molecule has 2 rings (SSSR count). The third kappa shape index (κ3) is 3.21. The first kappa shape index (κ1) is 15.0. The van der Waals surface area contributed by atoms with E-state index in [4.69, 9.17) is 4.74 Å². The number of ether oxygens (including phenoxy) is 1. The Balaban J connectivity index is 2.30. The summed E-state index contributed by atoms with van der Waals surface area (Å²) in [6, 6.07) is 4.35. The molecule has 0 spiro atoms. The fourth-order valence-corrected chi connectivity index (χ4v) is 3.02. The quantitative estimate of drug-likeness (QED) is 0.856. The van der Waals surface area contributed by atoms with E-state index in [1.165, 1.54) is 31.1 Å². The summed E-state index contributed by atoms with van der Waals surface area (Å²) >= 11 is 0. The minimum Gasteiger partial charge on any atom is -0.468 e. The number of esters is 1. The highest BCUT2D eigenvalue weighted by molar-refractivity contribution is 5.78. The zero-order valence-electron chi connectivity index (χ0n) is 13.0. The highest BCUT2D eigenvalue weighted by Crippen LogP contribution is 2.26. The molecule has 1 unspecified atom stereocenters. The molecule has 1 aliphatic carbocycles. The molecule has 1 atom stereocenters. The smallest absolute Gasteiger partial charge is 0.327 e. The summed E-state index contributed by atoms with van der Waals surface area (Å²) in [5.74, 6) is -0.191. The summed E-state index contributed by atoms with van der Waals surface area (Å²) in [5, 5.41) is 3.50. The minimum atomic E-state index is -0.345. The van der Waals surface area contributed by atoms with E-state index in [9.17, 15) is 4.79 Å². The number of carbonyl (C=O) groups excluding carboxylic acids is 1. The van der Waals surface area contributed by atoms with Crippen molar-refractivity contribution >= 4 is 5.97 Å². The molecule has 0 radical (unpaired) electrons. The van der Waals surface area contributed by atoms with Gasteiger partial charge in [0.05, 0.1) is 7.11 Å². The number of nitrogens with one attached hydrogen (secondary N) is 1. The Labute approximate surface area is 121 Å². The Kier molecular flexibility index (Phi) is 4.81. The van der Waals surface area contributed by atoms with Gasteiger partial charge in [0.25, 0.3) is 0 Å². The average Bonchev–Trinajstić information content (AvgIpc) is 2.93. The molecule has 1 fully saturated rings. The van der Waals surface area contributed by atoms with Crippen molar-refractivity contribution < 1.29 is 9.53 Å². The van der Waals surface area contributed by atoms with E-state index >= 15 is 0 Å². The molecule has 0 aromatic heterocycles. The van der Waals surface area contributed by atoms with Gasteiger partial charge in [-0.25, -0.2) is 4.79 Å². The van der Waals surface area contributed by atoms with Crippen LogP contribution in [0.3, 0.4) is 0 Å². The van der Waals surface area contributed by atoms with Crippen molar-refractivity contribution in [3.8, 4) is 0 Å². The van der Waals surface area contributed by atoms with Crippen molar-refractivity contribution in [3.05, 3.63) is 34.4 Å². The molecule has 1 aromatic rings. The van der Waals surface area contributed by atoms with Crippen LogP contribution in [0.15, 0.2) is 12.1 Å². The van der Waals surface area contributed by atoms with Crippen LogP contribution in [0.1, 0.15) is 54.0 Å². The third-order valence-electron chi connectivity index (χ3n) is 4.39. The second-order valence-corrected chi connectivity index (χ2v) is 5.90. The Morgan fingerprint density at radius 3 is 2.35 bits per heavy atom. The van der Waals surface area contributed by atoms with Crippen molar-refractivity contribution in [2.45, 2.75) is 58.5 Å². The van der Waals surface area contributed by atoms with Gasteiger partial charge in [0.1, 0.15) is 6.04 Å². The zero-order chi connectivity index (χ0) is 14.7. The van der Waals surface area contributed by atoms with Gasteiger partial charge in [0.15, 0.2) is 0 Å². The van der Waals surface area contributed by atoms with E-state index in [1.807, 2.05) is 0 Å². The molecular weight excluding hydrogens is 250 g/mol. The minimum absolute atomic E-state index is 0.191. The average molecular weight is 275 g/mol. The van der Waals surface area contributed by atoms with Crippen molar-refractivity contribution in [3.63, 3.8) is 0 Å². The standard InChI is InChI=1S/C17H25NO2/c1-11-9-13(3)15(10-12(11)2)16(17(19)20-4)18-14-7-5-6-8-14/h9-10,14,16,18H,5-8H2,1-4H3. The highest BCUT2D eigenvalue weighted by atomic mass is 16.5. The summed E-state index contributed by atoms with van der Waals surface area (Å²) in [4.78, 5) is 12.2. The van der Waals surface area contributed by atoms with Crippen LogP contribution in [0.5, 0.6) is 0 Å². The summed E-state index contributed by atoms with van der Waals surface area (Å²) < 4.78 is 5.00. The first-order valence-corrected chi connectivity index (χ1v) is 7.44. The van der Waals surface area contributed by atoms with Crippen molar-refractivity contribution in [2.75, 3.05) is 7.11 Å². The van der Waals surface area contributed by atoms with Gasteiger partial charge in [0, 0.05) is 6.04 Å². The topological polar surface area (TPSA) is 38.3 Å². The van der Waals surface area contributed by atoms with E-state index in [2.05, 4.69) is 38.2 Å². The molecule has 3 heteroatoms. The molecule has 110 valence electrons. The lowest BCUT2D eigenvalue weighted by atomic mass is 9.95. The molecule has 1 aliphatic rings. The Hall–Kier alpha value is -1.35. The molecule has 20 heavy (non-hydrogen) atoms. The molecule has 0 bridgehead atoms. The largest absolute Gasteiger partial charge is 0.468 e. The number of carbonyl (C=O) groups is 1. The molecule has 3 nitrogen and oxygen atoms in total. The van der Waals surface area contributed by atoms with Gasteiger partial charge in [-0.05, 0) is 55.9 Å². The predicted molar refractivity (Wildman–Crippen MR) is 80.8 cm³/mol. The lowest BCUT2D eigenvalue weighted by Crippen LogP contribution is -2.36. The first-order chi connectivity index (χ1) is 9.52. The first-order valence-electron chi connectivity index (χ1n) is 7.44. The van der Waals surface area contributed by atoms with Crippen LogP contribution >= 0.6 is 0 Å². The van der Waals surface area contributed by atoms with Gasteiger partial charge < -0.3 is 4.74 Å². The molecule has 0 heterocycles. The second-order valence-electron chi connectivity index (χ2n) is 5.90. The number of hydrogen-bond donors (Lipinski definition) is 1. The molecule has 0 aliphatic heterocycles. The Bertz CT molecular complexity index is 490. The summed E-state index contributed by atoms with van der Waals surface area (Å²) in [5.41, 5.74) is 4.67. The van der Waals surface area contributed by atoms with Gasteiger partial charge in [-0.3, -0.25) is 5.32 Å². The van der Waals surface area contributed by atoms with Crippen LogP contribution < -0.4 is 5.32 Å². The van der Waals surface area contributed by atoms with Crippen molar-refractivity contribution in [2.24, 2.45) is 0 Å². The van der Waals surface area contributed by atoms with E-state index < -0.39 is 0 Å². The van der Waals surface area contributed by atoms with E-state index in [0.717, 1.165) is 24.0 Å². The van der Waals surface area contributed by atoms with Crippen LogP contribution in [-0.2, 0) is 9.53 Å². The van der Waals surface area contributed by atoms with Gasteiger partial charge >= 0.3 is 5.97 Å². The molecule has 1 saturated carbocycles. The number of benzene rings is 1. The molecule has 0 saturated heterocycles. The van der Waals surface area contributed by atoms with Gasteiger partial charge in [-0.1, -0.05) is 25.0 Å². The molecule has 1 N–H and O–H groups in total. The molecule has 0 amide bonds. The van der Waals surface area contributed by atoms with Crippen LogP contribution in [0.25, 0.3) is 0 Å². The summed E-state index contributed by atoms with van der Waals surface area (Å²) in [6.07, 6.45) is 4.80. The maximum Gasteiger partial charge on any atom is 0.327 e. The Morgan fingerprint density at radius 2 is 1.75 bits per heavy atom. The van der Waals surface area contributed by atoms with Crippen LogP contribution in [0.4, 0.5) is 0 Å². The number of hydrogen-bond acceptors (Lipinski definition) is 3. The van der Waals surface area contributed by atoms with E-state index in [1.54, 1.807) is 0 Å². The SMILES string of the molecule is COC(=O)C(NC1CCCC1)c1cc(C)c(C)cc1C. The van der Waals surface area contributed by atoms with Gasteiger partial charge in [0.2, 0.25) is 0 Å².